The normalized spacial score (nSPS) is 28.2. The van der Waals surface area contributed by atoms with Gasteiger partial charge in [0.2, 0.25) is 11.7 Å². The van der Waals surface area contributed by atoms with Crippen LogP contribution in [0.2, 0.25) is 0 Å². The minimum atomic E-state index is -0.856. The van der Waals surface area contributed by atoms with Gasteiger partial charge < -0.3 is 30.1 Å². The summed E-state index contributed by atoms with van der Waals surface area (Å²) in [4.78, 5) is 30.4. The van der Waals surface area contributed by atoms with Gasteiger partial charge in [0.15, 0.2) is 0 Å². The van der Waals surface area contributed by atoms with Gasteiger partial charge in [0.05, 0.1) is 16.8 Å². The first-order valence-electron chi connectivity index (χ1n) is 17.3. The van der Waals surface area contributed by atoms with E-state index in [0.29, 0.717) is 27.9 Å². The van der Waals surface area contributed by atoms with Crippen LogP contribution in [0.3, 0.4) is 0 Å². The van der Waals surface area contributed by atoms with Crippen molar-refractivity contribution in [3.63, 3.8) is 0 Å². The maximum Gasteiger partial charge on any atom is 0.291 e. The van der Waals surface area contributed by atoms with Crippen molar-refractivity contribution in [1.82, 2.24) is 15.8 Å². The zero-order chi connectivity index (χ0) is 31.0. The van der Waals surface area contributed by atoms with Crippen LogP contribution in [0.5, 0.6) is 5.88 Å². The van der Waals surface area contributed by atoms with Gasteiger partial charge in [-0.05, 0) is 99.8 Å². The van der Waals surface area contributed by atoms with Gasteiger partial charge in [-0.2, -0.15) is 0 Å². The van der Waals surface area contributed by atoms with E-state index in [-0.39, 0.29) is 30.2 Å². The lowest BCUT2D eigenvalue weighted by Gasteiger charge is -2.54. The highest BCUT2D eigenvalue weighted by Crippen LogP contribution is 2.54. The predicted octanol–water partition coefficient (Wildman–Crippen LogP) is 6.11. The van der Waals surface area contributed by atoms with Crippen LogP contribution in [0.4, 0.5) is 11.4 Å². The topological polar surface area (TPSA) is 109 Å². The van der Waals surface area contributed by atoms with Crippen molar-refractivity contribution in [3.05, 3.63) is 30.0 Å². The van der Waals surface area contributed by atoms with Crippen molar-refractivity contribution in [2.75, 3.05) is 43.0 Å². The largest absolute Gasteiger partial charge is 0.474 e. The number of para-hydroxylation sites is 2. The van der Waals surface area contributed by atoms with Gasteiger partial charge in [-0.25, -0.2) is 0 Å². The molecular weight excluding hydrogens is 586 g/mol. The van der Waals surface area contributed by atoms with Crippen LogP contribution in [0.15, 0.2) is 33.7 Å². The number of hydrogen-bond donors (Lipinski definition) is 3. The molecule has 45 heavy (non-hydrogen) atoms. The van der Waals surface area contributed by atoms with Crippen molar-refractivity contribution >= 4 is 35.0 Å². The summed E-state index contributed by atoms with van der Waals surface area (Å²) in [6.07, 6.45) is 12.2. The number of thioether (sulfide) groups is 1. The number of piperazine rings is 1. The lowest BCUT2D eigenvalue weighted by molar-refractivity contribution is -0.125. The number of carbonyl (C=O) groups is 2. The second-order valence-electron chi connectivity index (χ2n) is 14.8. The van der Waals surface area contributed by atoms with Crippen molar-refractivity contribution in [2.45, 2.75) is 94.2 Å². The Balaban J connectivity index is 1.05. The number of aromatic nitrogens is 1. The molecule has 0 unspecified atom stereocenters. The Hall–Kier alpha value is -2.72. The molecule has 0 radical (unpaired) electrons. The molecule has 1 aliphatic heterocycles. The molecule has 5 saturated carbocycles. The van der Waals surface area contributed by atoms with E-state index >= 15 is 0 Å². The number of hydrogen-bond acceptors (Lipinski definition) is 8. The number of carbonyl (C=O) groups excluding carboxylic acids is 2. The number of nitrogens with zero attached hydrogens (tertiary/aromatic N) is 2. The summed E-state index contributed by atoms with van der Waals surface area (Å²) in [5.41, 5.74) is 0.975. The standard InChI is InChI=1S/C35H49N5O4S/c1-35(2,34(42)37-27-10-6-7-11-28(27)40-14-12-36-13-15-40)21-43-33-31(45-26-8-4-3-5-9-26)30(44-39-33)32(41)38-29-24-17-22-16-23(19-24)20-25(29)18-22/h6-7,10-11,22-26,29,36H,3-5,8-9,12-21H2,1-2H3,(H,37,42)(H,38,41). The molecule has 3 N–H and O–H groups in total. The van der Waals surface area contributed by atoms with E-state index in [2.05, 4.69) is 32.1 Å². The number of nitrogens with one attached hydrogen (secondary N) is 3. The summed E-state index contributed by atoms with van der Waals surface area (Å²) < 4.78 is 12.1. The molecule has 4 bridgehead atoms. The molecule has 2 aromatic rings. The second-order valence-corrected chi connectivity index (χ2v) is 16.1. The van der Waals surface area contributed by atoms with Gasteiger partial charge in [0.25, 0.3) is 11.8 Å². The van der Waals surface area contributed by atoms with Crippen LogP contribution in [0.1, 0.15) is 88.6 Å². The maximum atomic E-state index is 13.8. The smallest absolute Gasteiger partial charge is 0.291 e. The highest BCUT2D eigenvalue weighted by Gasteiger charge is 2.49. The molecule has 2 heterocycles. The predicted molar refractivity (Wildman–Crippen MR) is 177 cm³/mol. The molecule has 9 nitrogen and oxygen atoms in total. The van der Waals surface area contributed by atoms with E-state index in [1.54, 1.807) is 11.8 Å². The maximum absolute atomic E-state index is 13.8. The highest BCUT2D eigenvalue weighted by atomic mass is 32.2. The van der Waals surface area contributed by atoms with Gasteiger partial charge in [-0.3, -0.25) is 9.59 Å². The van der Waals surface area contributed by atoms with Crippen molar-refractivity contribution in [2.24, 2.45) is 29.1 Å². The molecule has 0 spiro atoms. The zero-order valence-corrected chi connectivity index (χ0v) is 27.6. The molecule has 0 atom stereocenters. The lowest BCUT2D eigenvalue weighted by atomic mass is 9.54. The SMILES string of the molecule is CC(C)(COc1noc(C(=O)NC2C3CC4CC(C3)CC2C4)c1SC1CCCCC1)C(=O)Nc1ccccc1N1CCNCC1. The lowest BCUT2D eigenvalue weighted by Crippen LogP contribution is -2.55. The molecule has 8 rings (SSSR count). The first-order valence-corrected chi connectivity index (χ1v) is 18.2. The monoisotopic (exact) mass is 635 g/mol. The van der Waals surface area contributed by atoms with Gasteiger partial charge in [-0.1, -0.05) is 31.4 Å². The molecule has 1 saturated heterocycles. The van der Waals surface area contributed by atoms with Gasteiger partial charge >= 0.3 is 0 Å². The number of ether oxygens (including phenoxy) is 1. The summed E-state index contributed by atoms with van der Waals surface area (Å²) in [5, 5.41) is 14.6. The van der Waals surface area contributed by atoms with Crippen LogP contribution in [0.25, 0.3) is 0 Å². The molecule has 6 aliphatic rings. The summed E-state index contributed by atoms with van der Waals surface area (Å²) in [6.45, 7) is 7.49. The Morgan fingerprint density at radius 1 is 1.02 bits per heavy atom. The first kappa shape index (κ1) is 30.9. The average Bonchev–Trinajstić information content (AvgIpc) is 3.45. The van der Waals surface area contributed by atoms with E-state index in [9.17, 15) is 9.59 Å². The summed E-state index contributed by atoms with van der Waals surface area (Å²) in [6, 6.07) is 8.19. The number of rotatable bonds is 10. The van der Waals surface area contributed by atoms with E-state index < -0.39 is 5.41 Å². The quantitative estimate of drug-likeness (QED) is 0.287. The van der Waals surface area contributed by atoms with E-state index in [1.807, 2.05) is 32.0 Å². The Kier molecular flexibility index (Phi) is 9.05. The molecule has 10 heteroatoms. The second kappa shape index (κ2) is 13.2. The van der Waals surface area contributed by atoms with Crippen LogP contribution in [-0.2, 0) is 4.79 Å². The average molecular weight is 636 g/mol. The Morgan fingerprint density at radius 3 is 2.42 bits per heavy atom. The summed E-state index contributed by atoms with van der Waals surface area (Å²) in [7, 11) is 0. The fourth-order valence-corrected chi connectivity index (χ4v) is 10.0. The molecule has 244 valence electrons. The molecule has 2 amide bonds. The summed E-state index contributed by atoms with van der Waals surface area (Å²) >= 11 is 1.67. The van der Waals surface area contributed by atoms with Crippen molar-refractivity contribution in [3.8, 4) is 5.88 Å². The fraction of sp³-hybridized carbons (Fsp3) is 0.686. The molecular formula is C35H49N5O4S. The Bertz CT molecular complexity index is 1340. The minimum absolute atomic E-state index is 0.107. The Morgan fingerprint density at radius 2 is 1.71 bits per heavy atom. The third kappa shape index (κ3) is 6.73. The third-order valence-corrected chi connectivity index (χ3v) is 12.4. The van der Waals surface area contributed by atoms with E-state index in [4.69, 9.17) is 9.26 Å². The molecule has 1 aromatic heterocycles. The van der Waals surface area contributed by atoms with Crippen molar-refractivity contribution < 1.29 is 18.8 Å². The zero-order valence-electron chi connectivity index (χ0n) is 26.8. The fourth-order valence-electron chi connectivity index (χ4n) is 8.70. The number of amides is 2. The third-order valence-electron chi connectivity index (χ3n) is 11.0. The van der Waals surface area contributed by atoms with Gasteiger partial charge in [0.1, 0.15) is 11.5 Å². The van der Waals surface area contributed by atoms with Crippen molar-refractivity contribution in [1.29, 1.82) is 0 Å². The minimum Gasteiger partial charge on any atom is -0.474 e. The molecule has 6 fully saturated rings. The molecule has 1 aromatic carbocycles. The van der Waals surface area contributed by atoms with Crippen LogP contribution in [-0.4, -0.2) is 61.0 Å². The summed E-state index contributed by atoms with van der Waals surface area (Å²) in [5.74, 6) is 3.14. The number of anilines is 2. The van der Waals surface area contributed by atoms with Crippen LogP contribution in [0, 0.1) is 29.1 Å². The van der Waals surface area contributed by atoms with E-state index in [0.717, 1.165) is 62.2 Å². The van der Waals surface area contributed by atoms with Gasteiger partial charge in [-0.15, -0.1) is 11.8 Å². The van der Waals surface area contributed by atoms with Crippen LogP contribution >= 0.6 is 11.8 Å². The first-order chi connectivity index (χ1) is 21.8. The number of benzene rings is 1. The van der Waals surface area contributed by atoms with Crippen LogP contribution < -0.4 is 25.6 Å². The Labute approximate surface area is 271 Å². The van der Waals surface area contributed by atoms with E-state index in [1.165, 1.54) is 51.4 Å². The highest BCUT2D eigenvalue weighted by molar-refractivity contribution is 8.00. The molecule has 5 aliphatic carbocycles. The van der Waals surface area contributed by atoms with Gasteiger partial charge in [0, 0.05) is 37.5 Å².